The summed E-state index contributed by atoms with van der Waals surface area (Å²) in [5.74, 6) is 1.31. The van der Waals surface area contributed by atoms with E-state index in [0.29, 0.717) is 23.9 Å². The van der Waals surface area contributed by atoms with Crippen LogP contribution in [0.5, 0.6) is 0 Å². The normalized spacial score (nSPS) is 12.0. The van der Waals surface area contributed by atoms with E-state index in [0.717, 1.165) is 22.0 Å². The van der Waals surface area contributed by atoms with Gasteiger partial charge in [0.2, 0.25) is 11.8 Å². The highest BCUT2D eigenvalue weighted by molar-refractivity contribution is 9.10. The third-order valence-electron chi connectivity index (χ3n) is 4.84. The van der Waals surface area contributed by atoms with Crippen LogP contribution in [0.2, 0.25) is 0 Å². The summed E-state index contributed by atoms with van der Waals surface area (Å²) in [6, 6.07) is 17.8. The van der Waals surface area contributed by atoms with E-state index in [2.05, 4.69) is 40.8 Å². The number of halogens is 1. The summed E-state index contributed by atoms with van der Waals surface area (Å²) in [6.07, 6.45) is 1.13. The second-order valence-corrected chi connectivity index (χ2v) is 7.70. The Balaban J connectivity index is 1.81. The summed E-state index contributed by atoms with van der Waals surface area (Å²) in [5.41, 5.74) is 2.71. The fourth-order valence-corrected chi connectivity index (χ4v) is 3.91. The van der Waals surface area contributed by atoms with E-state index in [-0.39, 0.29) is 18.4 Å². The molecule has 3 rings (SSSR count). The van der Waals surface area contributed by atoms with Crippen LogP contribution in [0, 0.1) is 6.92 Å². The van der Waals surface area contributed by atoms with Crippen LogP contribution >= 0.6 is 15.9 Å². The van der Waals surface area contributed by atoms with Crippen molar-refractivity contribution in [3.05, 3.63) is 76.1 Å². The zero-order chi connectivity index (χ0) is 20.1. The van der Waals surface area contributed by atoms with Crippen LogP contribution in [0.1, 0.15) is 43.3 Å². The molecule has 0 aliphatic heterocycles. The Labute approximate surface area is 174 Å². The molecule has 4 nitrogen and oxygen atoms in total. The average Bonchev–Trinajstić information content (AvgIpc) is 3.07. The van der Waals surface area contributed by atoms with E-state index in [1.807, 2.05) is 60.4 Å². The first kappa shape index (κ1) is 20.3. The second kappa shape index (κ2) is 9.20. The molecule has 146 valence electrons. The van der Waals surface area contributed by atoms with Gasteiger partial charge in [-0.1, -0.05) is 59.3 Å². The molecule has 0 N–H and O–H groups in total. The van der Waals surface area contributed by atoms with Crippen molar-refractivity contribution < 1.29 is 9.21 Å². The summed E-state index contributed by atoms with van der Waals surface area (Å²) >= 11 is 3.61. The lowest BCUT2D eigenvalue weighted by atomic mass is 10.1. The number of carbonyl (C=O) groups is 1. The Kier molecular flexibility index (Phi) is 6.68. The molecular weight excluding hydrogens is 416 g/mol. The van der Waals surface area contributed by atoms with Gasteiger partial charge in [-0.2, -0.15) is 0 Å². The summed E-state index contributed by atoms with van der Waals surface area (Å²) in [7, 11) is 0. The van der Waals surface area contributed by atoms with Gasteiger partial charge < -0.3 is 9.32 Å². The summed E-state index contributed by atoms with van der Waals surface area (Å²) in [4.78, 5) is 19.7. The van der Waals surface area contributed by atoms with Crippen molar-refractivity contribution in [1.29, 1.82) is 0 Å². The quantitative estimate of drug-likeness (QED) is 0.455. The molecule has 3 aromatic rings. The van der Waals surface area contributed by atoms with Crippen molar-refractivity contribution in [3.8, 4) is 11.5 Å². The average molecular weight is 441 g/mol. The molecule has 0 fully saturated rings. The highest BCUT2D eigenvalue weighted by atomic mass is 79.9. The van der Waals surface area contributed by atoms with Gasteiger partial charge in [0.25, 0.3) is 0 Å². The number of oxazole rings is 1. The topological polar surface area (TPSA) is 46.3 Å². The monoisotopic (exact) mass is 440 g/mol. The van der Waals surface area contributed by atoms with Gasteiger partial charge in [0.15, 0.2) is 0 Å². The van der Waals surface area contributed by atoms with Gasteiger partial charge in [0.05, 0.1) is 18.2 Å². The third-order valence-corrected chi connectivity index (χ3v) is 5.56. The Bertz CT molecular complexity index is 937. The van der Waals surface area contributed by atoms with Crippen LogP contribution in [-0.4, -0.2) is 22.3 Å². The predicted molar refractivity (Wildman–Crippen MR) is 115 cm³/mol. The van der Waals surface area contributed by atoms with E-state index in [1.165, 1.54) is 0 Å². The van der Waals surface area contributed by atoms with Crippen molar-refractivity contribution in [1.82, 2.24) is 9.88 Å². The van der Waals surface area contributed by atoms with Crippen LogP contribution in [0.3, 0.4) is 0 Å². The number of carbonyl (C=O) groups excluding carboxylic acids is 1. The second-order valence-electron chi connectivity index (χ2n) is 6.85. The van der Waals surface area contributed by atoms with Gasteiger partial charge in [0, 0.05) is 16.6 Å². The molecule has 2 aromatic carbocycles. The number of benzene rings is 2. The Morgan fingerprint density at radius 3 is 2.50 bits per heavy atom. The molecule has 0 aliphatic carbocycles. The van der Waals surface area contributed by atoms with Gasteiger partial charge in [-0.05, 0) is 44.0 Å². The lowest BCUT2D eigenvalue weighted by Gasteiger charge is -2.30. The Hall–Kier alpha value is -2.40. The lowest BCUT2D eigenvalue weighted by molar-refractivity contribution is -0.132. The van der Waals surface area contributed by atoms with E-state index in [4.69, 9.17) is 4.42 Å². The van der Waals surface area contributed by atoms with Crippen molar-refractivity contribution >= 4 is 21.8 Å². The van der Waals surface area contributed by atoms with Crippen molar-refractivity contribution in [2.75, 3.05) is 6.54 Å². The standard InChI is InChI=1S/C23H25BrN2O2/c1-4-14-26(16(2)19-12-8-9-13-20(19)24)22(27)15-21-17(3)28-23(25-21)18-10-6-5-7-11-18/h5-13,16H,4,14-15H2,1-3H3. The van der Waals surface area contributed by atoms with Crippen molar-refractivity contribution in [3.63, 3.8) is 0 Å². The fraction of sp³-hybridized carbons (Fsp3) is 0.304. The van der Waals surface area contributed by atoms with Crippen LogP contribution in [0.15, 0.2) is 63.5 Å². The minimum Gasteiger partial charge on any atom is -0.441 e. The molecule has 0 aliphatic rings. The first-order valence-electron chi connectivity index (χ1n) is 9.56. The molecule has 0 bridgehead atoms. The molecule has 0 radical (unpaired) electrons. The molecule has 1 aromatic heterocycles. The number of aryl methyl sites for hydroxylation is 1. The molecule has 1 heterocycles. The molecule has 0 saturated heterocycles. The highest BCUT2D eigenvalue weighted by Gasteiger charge is 2.24. The summed E-state index contributed by atoms with van der Waals surface area (Å²) < 4.78 is 6.83. The number of hydrogen-bond acceptors (Lipinski definition) is 3. The Morgan fingerprint density at radius 1 is 1.14 bits per heavy atom. The fourth-order valence-electron chi connectivity index (χ4n) is 3.30. The van der Waals surface area contributed by atoms with Gasteiger partial charge in [-0.25, -0.2) is 4.98 Å². The molecule has 28 heavy (non-hydrogen) atoms. The van der Waals surface area contributed by atoms with Crippen LogP contribution in [-0.2, 0) is 11.2 Å². The molecule has 0 spiro atoms. The minimum absolute atomic E-state index is 0.0242. The van der Waals surface area contributed by atoms with Crippen LogP contribution in [0.25, 0.3) is 11.5 Å². The maximum absolute atomic E-state index is 13.2. The van der Waals surface area contributed by atoms with E-state index >= 15 is 0 Å². The maximum Gasteiger partial charge on any atom is 0.229 e. The van der Waals surface area contributed by atoms with Crippen molar-refractivity contribution in [2.24, 2.45) is 0 Å². The predicted octanol–water partition coefficient (Wildman–Crippen LogP) is 5.95. The number of aromatic nitrogens is 1. The Morgan fingerprint density at radius 2 is 1.82 bits per heavy atom. The molecule has 1 unspecified atom stereocenters. The van der Waals surface area contributed by atoms with E-state index in [1.54, 1.807) is 0 Å². The number of nitrogens with zero attached hydrogens (tertiary/aromatic N) is 2. The number of amides is 1. The van der Waals surface area contributed by atoms with Gasteiger partial charge in [0.1, 0.15) is 5.76 Å². The zero-order valence-electron chi connectivity index (χ0n) is 16.5. The first-order valence-corrected chi connectivity index (χ1v) is 10.4. The first-order chi connectivity index (χ1) is 13.5. The largest absolute Gasteiger partial charge is 0.441 e. The zero-order valence-corrected chi connectivity index (χ0v) is 18.1. The van der Waals surface area contributed by atoms with E-state index in [9.17, 15) is 4.79 Å². The molecule has 5 heteroatoms. The van der Waals surface area contributed by atoms with E-state index < -0.39 is 0 Å². The lowest BCUT2D eigenvalue weighted by Crippen LogP contribution is -2.35. The molecule has 0 saturated carbocycles. The molecule has 1 amide bonds. The minimum atomic E-state index is -0.0242. The van der Waals surface area contributed by atoms with Gasteiger partial charge in [-0.3, -0.25) is 4.79 Å². The summed E-state index contributed by atoms with van der Waals surface area (Å²) in [6.45, 7) is 6.72. The number of hydrogen-bond donors (Lipinski definition) is 0. The highest BCUT2D eigenvalue weighted by Crippen LogP contribution is 2.29. The van der Waals surface area contributed by atoms with Gasteiger partial charge >= 0.3 is 0 Å². The third kappa shape index (κ3) is 4.53. The summed E-state index contributed by atoms with van der Waals surface area (Å²) in [5, 5.41) is 0. The molecular formula is C23H25BrN2O2. The maximum atomic E-state index is 13.2. The SMILES string of the molecule is CCCN(C(=O)Cc1nc(-c2ccccc2)oc1C)C(C)c1ccccc1Br. The van der Waals surface area contributed by atoms with Crippen LogP contribution in [0.4, 0.5) is 0 Å². The smallest absolute Gasteiger partial charge is 0.229 e. The van der Waals surface area contributed by atoms with Crippen LogP contribution < -0.4 is 0 Å². The molecule has 1 atom stereocenters. The van der Waals surface area contributed by atoms with Gasteiger partial charge in [-0.15, -0.1) is 0 Å². The number of rotatable bonds is 7. The van der Waals surface area contributed by atoms with Crippen molar-refractivity contribution in [2.45, 2.75) is 39.7 Å².